The zero-order valence-corrected chi connectivity index (χ0v) is 14.8. The molecular formula is C16H23FN2O4S. The van der Waals surface area contributed by atoms with Gasteiger partial charge in [0.05, 0.1) is 11.2 Å². The molecule has 0 spiro atoms. The van der Waals surface area contributed by atoms with Crippen LogP contribution < -0.4 is 10.5 Å². The van der Waals surface area contributed by atoms with Gasteiger partial charge in [-0.2, -0.15) is 0 Å². The molecular weight excluding hydrogens is 335 g/mol. The Kier molecular flexibility index (Phi) is 7.37. The molecule has 0 heterocycles. The van der Waals surface area contributed by atoms with Crippen molar-refractivity contribution in [3.05, 3.63) is 36.2 Å². The summed E-state index contributed by atoms with van der Waals surface area (Å²) in [6.07, 6.45) is 0.389. The van der Waals surface area contributed by atoms with Gasteiger partial charge in [0.1, 0.15) is 18.2 Å². The first-order valence-corrected chi connectivity index (χ1v) is 9.05. The van der Waals surface area contributed by atoms with Crippen LogP contribution in [0.25, 0.3) is 0 Å². The number of hydrogen-bond donors (Lipinski definition) is 1. The lowest BCUT2D eigenvalue weighted by Gasteiger charge is -2.19. The van der Waals surface area contributed by atoms with Crippen molar-refractivity contribution in [3.8, 4) is 5.75 Å². The van der Waals surface area contributed by atoms with Gasteiger partial charge in [0.15, 0.2) is 9.84 Å². The topological polar surface area (TPSA) is 89.7 Å². The molecule has 1 aromatic rings. The number of amides is 1. The van der Waals surface area contributed by atoms with Gasteiger partial charge in [-0.05, 0) is 24.3 Å². The van der Waals surface area contributed by atoms with Crippen molar-refractivity contribution in [2.75, 3.05) is 26.1 Å². The molecule has 1 rings (SSSR count). The average molecular weight is 358 g/mol. The van der Waals surface area contributed by atoms with Crippen LogP contribution in [0, 0.1) is 5.92 Å². The second kappa shape index (κ2) is 8.79. The summed E-state index contributed by atoms with van der Waals surface area (Å²) in [5.74, 6) is -0.521. The predicted molar refractivity (Wildman–Crippen MR) is 89.8 cm³/mol. The minimum Gasteiger partial charge on any atom is -0.489 e. The maximum Gasteiger partial charge on any atom is 0.225 e. The smallest absolute Gasteiger partial charge is 0.225 e. The van der Waals surface area contributed by atoms with E-state index in [-0.39, 0.29) is 29.9 Å². The fraction of sp³-hybridized carbons (Fsp3) is 0.438. The zero-order chi connectivity index (χ0) is 18.3. The number of ether oxygens (including phenoxy) is 1. The highest BCUT2D eigenvalue weighted by Gasteiger charge is 2.21. The van der Waals surface area contributed by atoms with E-state index in [4.69, 9.17) is 10.5 Å². The van der Waals surface area contributed by atoms with E-state index in [0.717, 1.165) is 0 Å². The first-order valence-electron chi connectivity index (χ1n) is 7.40. The quantitative estimate of drug-likeness (QED) is 0.764. The second-order valence-corrected chi connectivity index (χ2v) is 7.63. The second-order valence-electron chi connectivity index (χ2n) is 5.67. The minimum absolute atomic E-state index is 0.00920. The van der Waals surface area contributed by atoms with E-state index in [1.54, 1.807) is 13.8 Å². The molecule has 1 amide bonds. The molecule has 6 nitrogen and oxygen atoms in total. The molecule has 1 aromatic carbocycles. The molecule has 0 aliphatic rings. The summed E-state index contributed by atoms with van der Waals surface area (Å²) in [5.41, 5.74) is 5.61. The summed E-state index contributed by atoms with van der Waals surface area (Å²) >= 11 is 0. The monoisotopic (exact) mass is 358 g/mol. The number of nitrogens with two attached hydrogens (primary N) is 1. The van der Waals surface area contributed by atoms with Crippen LogP contribution in [0.1, 0.15) is 13.8 Å². The highest BCUT2D eigenvalue weighted by molar-refractivity contribution is 7.91. The standard InChI is InChI=1S/C16H23FN2O4S/c1-12(2)16(20)19(3)11-24(21,22)15-6-4-14(5-7-15)23-10-13(8-17)9-18/h4-8,12H,9-11,18H2,1-3H3. The maximum atomic E-state index is 12.4. The normalized spacial score (nSPS) is 12.3. The van der Waals surface area contributed by atoms with Crippen LogP contribution in [-0.2, 0) is 14.6 Å². The Morgan fingerprint density at radius 2 is 1.92 bits per heavy atom. The molecule has 8 heteroatoms. The summed E-state index contributed by atoms with van der Waals surface area (Å²) in [6.45, 7) is 3.45. The van der Waals surface area contributed by atoms with Gasteiger partial charge in [0.25, 0.3) is 0 Å². The van der Waals surface area contributed by atoms with Gasteiger partial charge < -0.3 is 15.4 Å². The molecule has 0 aromatic heterocycles. The molecule has 2 N–H and O–H groups in total. The molecule has 0 unspecified atom stereocenters. The third kappa shape index (κ3) is 5.61. The predicted octanol–water partition coefficient (Wildman–Crippen LogP) is 1.72. The fourth-order valence-corrected chi connectivity index (χ4v) is 3.23. The summed E-state index contributed by atoms with van der Waals surface area (Å²) < 4.78 is 42.4. The van der Waals surface area contributed by atoms with Crippen LogP contribution in [-0.4, -0.2) is 45.3 Å². The molecule has 0 bridgehead atoms. The van der Waals surface area contributed by atoms with E-state index in [1.807, 2.05) is 0 Å². The van der Waals surface area contributed by atoms with E-state index < -0.39 is 15.7 Å². The van der Waals surface area contributed by atoms with Crippen molar-refractivity contribution < 1.29 is 22.3 Å². The number of rotatable bonds is 8. The summed E-state index contributed by atoms with van der Waals surface area (Å²) in [4.78, 5) is 13.1. The van der Waals surface area contributed by atoms with Crippen molar-refractivity contribution in [1.82, 2.24) is 4.90 Å². The highest BCUT2D eigenvalue weighted by atomic mass is 32.2. The number of nitrogens with zero attached hydrogens (tertiary/aromatic N) is 1. The van der Waals surface area contributed by atoms with Crippen LogP contribution in [0.4, 0.5) is 4.39 Å². The number of hydrogen-bond acceptors (Lipinski definition) is 5. The lowest BCUT2D eigenvalue weighted by Crippen LogP contribution is -2.34. The average Bonchev–Trinajstić information content (AvgIpc) is 2.55. The number of carbonyl (C=O) groups excluding carboxylic acids is 1. The van der Waals surface area contributed by atoms with Gasteiger partial charge in [-0.1, -0.05) is 13.8 Å². The Morgan fingerprint density at radius 1 is 1.33 bits per heavy atom. The van der Waals surface area contributed by atoms with Gasteiger partial charge in [-0.3, -0.25) is 4.79 Å². The Hall–Kier alpha value is -1.93. The van der Waals surface area contributed by atoms with E-state index >= 15 is 0 Å². The first-order chi connectivity index (χ1) is 11.2. The molecule has 0 fully saturated rings. The summed E-state index contributed by atoms with van der Waals surface area (Å²) in [7, 11) is -2.18. The van der Waals surface area contributed by atoms with E-state index in [2.05, 4.69) is 0 Å². The molecule has 0 saturated heterocycles. The van der Waals surface area contributed by atoms with Gasteiger partial charge in [-0.25, -0.2) is 12.8 Å². The molecule has 24 heavy (non-hydrogen) atoms. The Labute approximate surface area is 142 Å². The minimum atomic E-state index is -3.64. The number of carbonyl (C=O) groups is 1. The molecule has 0 atom stereocenters. The third-order valence-corrected chi connectivity index (χ3v) is 4.97. The van der Waals surface area contributed by atoms with Crippen molar-refractivity contribution in [2.45, 2.75) is 18.7 Å². The van der Waals surface area contributed by atoms with Crippen LogP contribution >= 0.6 is 0 Å². The molecule has 134 valence electrons. The lowest BCUT2D eigenvalue weighted by molar-refractivity contribution is -0.132. The summed E-state index contributed by atoms with van der Waals surface area (Å²) in [5, 5.41) is 0. The maximum absolute atomic E-state index is 12.4. The molecule has 0 aliphatic heterocycles. The van der Waals surface area contributed by atoms with Crippen molar-refractivity contribution in [2.24, 2.45) is 11.7 Å². The largest absolute Gasteiger partial charge is 0.489 e. The van der Waals surface area contributed by atoms with Gasteiger partial charge in [0, 0.05) is 25.1 Å². The molecule has 0 saturated carbocycles. The van der Waals surface area contributed by atoms with Crippen molar-refractivity contribution in [1.29, 1.82) is 0 Å². The third-order valence-electron chi connectivity index (χ3n) is 3.26. The number of benzene rings is 1. The summed E-state index contributed by atoms with van der Waals surface area (Å²) in [6, 6.07) is 5.73. The van der Waals surface area contributed by atoms with Gasteiger partial charge in [0.2, 0.25) is 5.91 Å². The highest BCUT2D eigenvalue weighted by Crippen LogP contribution is 2.18. The van der Waals surface area contributed by atoms with Crippen LogP contribution in [0.2, 0.25) is 0 Å². The van der Waals surface area contributed by atoms with Crippen LogP contribution in [0.15, 0.2) is 41.1 Å². The molecule has 0 aliphatic carbocycles. The zero-order valence-electron chi connectivity index (χ0n) is 14.0. The number of halogens is 1. The van der Waals surface area contributed by atoms with E-state index in [1.165, 1.54) is 36.2 Å². The SMILES string of the molecule is CC(C)C(=O)N(C)CS(=O)(=O)c1ccc(OCC(=CF)CN)cc1. The van der Waals surface area contributed by atoms with Crippen molar-refractivity contribution >= 4 is 15.7 Å². The Balaban J connectivity index is 2.78. The Bertz CT molecular complexity index is 685. The lowest BCUT2D eigenvalue weighted by atomic mass is 10.2. The van der Waals surface area contributed by atoms with Gasteiger partial charge >= 0.3 is 0 Å². The molecule has 0 radical (unpaired) electrons. The first kappa shape index (κ1) is 20.1. The Morgan fingerprint density at radius 3 is 2.38 bits per heavy atom. The van der Waals surface area contributed by atoms with Gasteiger partial charge in [-0.15, -0.1) is 0 Å². The van der Waals surface area contributed by atoms with Crippen LogP contribution in [0.5, 0.6) is 5.75 Å². The van der Waals surface area contributed by atoms with Crippen molar-refractivity contribution in [3.63, 3.8) is 0 Å². The van der Waals surface area contributed by atoms with E-state index in [0.29, 0.717) is 17.7 Å². The fourth-order valence-electron chi connectivity index (χ4n) is 1.89. The number of sulfone groups is 1. The van der Waals surface area contributed by atoms with Crippen LogP contribution in [0.3, 0.4) is 0 Å². The van der Waals surface area contributed by atoms with E-state index in [9.17, 15) is 17.6 Å².